The van der Waals surface area contributed by atoms with Crippen LogP contribution in [0.5, 0.6) is 0 Å². The SMILES string of the molecule is CCn1ccnc1C/C=C/B(O)O. The predicted octanol–water partition coefficient (Wildman–Crippen LogP) is 0.0137. The summed E-state index contributed by atoms with van der Waals surface area (Å²) in [5, 5.41) is 17.1. The van der Waals surface area contributed by atoms with Crippen molar-refractivity contribution in [2.45, 2.75) is 19.9 Å². The van der Waals surface area contributed by atoms with Crippen molar-refractivity contribution in [2.24, 2.45) is 0 Å². The van der Waals surface area contributed by atoms with E-state index in [-0.39, 0.29) is 0 Å². The van der Waals surface area contributed by atoms with E-state index in [1.165, 1.54) is 5.98 Å². The molecule has 0 aliphatic heterocycles. The number of hydrogen-bond acceptors (Lipinski definition) is 3. The Bertz CT molecular complexity index is 283. The summed E-state index contributed by atoms with van der Waals surface area (Å²) >= 11 is 0. The summed E-state index contributed by atoms with van der Waals surface area (Å²) in [7, 11) is -1.37. The minimum atomic E-state index is -1.37. The molecule has 0 saturated heterocycles. The number of rotatable bonds is 4. The van der Waals surface area contributed by atoms with Gasteiger partial charge < -0.3 is 14.6 Å². The zero-order chi connectivity index (χ0) is 9.68. The number of allylic oxidation sites excluding steroid dienone is 1. The largest absolute Gasteiger partial charge is 0.480 e. The Morgan fingerprint density at radius 1 is 1.62 bits per heavy atom. The molecule has 70 valence electrons. The molecule has 1 aromatic rings. The third-order valence-electron chi connectivity index (χ3n) is 1.75. The van der Waals surface area contributed by atoms with Crippen LogP contribution < -0.4 is 0 Å². The molecular formula is C8H13BN2O2. The van der Waals surface area contributed by atoms with Crippen molar-refractivity contribution in [3.05, 3.63) is 30.3 Å². The average Bonchev–Trinajstić information content (AvgIpc) is 2.51. The Balaban J connectivity index is 2.53. The Labute approximate surface area is 77.7 Å². The van der Waals surface area contributed by atoms with Crippen LogP contribution in [0.2, 0.25) is 0 Å². The van der Waals surface area contributed by atoms with E-state index in [0.29, 0.717) is 6.42 Å². The summed E-state index contributed by atoms with van der Waals surface area (Å²) in [6.45, 7) is 2.92. The van der Waals surface area contributed by atoms with E-state index in [4.69, 9.17) is 10.0 Å². The van der Waals surface area contributed by atoms with E-state index in [2.05, 4.69) is 4.98 Å². The first-order valence-corrected chi connectivity index (χ1v) is 4.27. The van der Waals surface area contributed by atoms with Gasteiger partial charge in [0.15, 0.2) is 0 Å². The van der Waals surface area contributed by atoms with Crippen LogP contribution in [0.3, 0.4) is 0 Å². The fourth-order valence-electron chi connectivity index (χ4n) is 1.11. The van der Waals surface area contributed by atoms with Gasteiger partial charge in [0.2, 0.25) is 0 Å². The first kappa shape index (κ1) is 10.0. The van der Waals surface area contributed by atoms with Gasteiger partial charge in [0.25, 0.3) is 0 Å². The molecule has 0 aromatic carbocycles. The van der Waals surface area contributed by atoms with Gasteiger partial charge in [-0.25, -0.2) is 4.98 Å². The molecule has 0 spiro atoms. The summed E-state index contributed by atoms with van der Waals surface area (Å²) in [6.07, 6.45) is 5.96. The summed E-state index contributed by atoms with van der Waals surface area (Å²) in [5.41, 5.74) is 0. The maximum absolute atomic E-state index is 8.55. The molecule has 0 saturated carbocycles. The molecule has 0 fully saturated rings. The summed E-state index contributed by atoms with van der Waals surface area (Å²) in [5.74, 6) is 2.26. The molecule has 0 aliphatic rings. The second kappa shape index (κ2) is 4.84. The van der Waals surface area contributed by atoms with E-state index < -0.39 is 7.12 Å². The summed E-state index contributed by atoms with van der Waals surface area (Å²) in [6, 6.07) is 0. The molecule has 1 aromatic heterocycles. The van der Waals surface area contributed by atoms with Crippen LogP contribution in [0.15, 0.2) is 24.4 Å². The Hall–Kier alpha value is -1.07. The lowest BCUT2D eigenvalue weighted by Crippen LogP contribution is -2.06. The quantitative estimate of drug-likeness (QED) is 0.641. The molecule has 5 heteroatoms. The van der Waals surface area contributed by atoms with Crippen LogP contribution in [0.1, 0.15) is 12.7 Å². The maximum Gasteiger partial charge on any atom is 0.480 e. The first-order chi connectivity index (χ1) is 6.24. The van der Waals surface area contributed by atoms with Gasteiger partial charge in [-0.05, 0) is 6.92 Å². The van der Waals surface area contributed by atoms with Gasteiger partial charge in [-0.15, -0.1) is 0 Å². The van der Waals surface area contributed by atoms with Crippen LogP contribution >= 0.6 is 0 Å². The van der Waals surface area contributed by atoms with Crippen molar-refractivity contribution in [3.8, 4) is 0 Å². The van der Waals surface area contributed by atoms with Crippen molar-refractivity contribution in [1.82, 2.24) is 9.55 Å². The standard InChI is InChI=1S/C8H13BN2O2/c1-2-11-7-6-10-8(11)4-3-5-9(12)13/h3,5-7,12-13H,2,4H2,1H3/b5-3+. The van der Waals surface area contributed by atoms with Crippen molar-refractivity contribution in [1.29, 1.82) is 0 Å². The molecule has 1 heterocycles. The Morgan fingerprint density at radius 3 is 3.00 bits per heavy atom. The van der Waals surface area contributed by atoms with Gasteiger partial charge in [0.05, 0.1) is 0 Å². The van der Waals surface area contributed by atoms with Crippen molar-refractivity contribution < 1.29 is 10.0 Å². The fraction of sp³-hybridized carbons (Fsp3) is 0.375. The van der Waals surface area contributed by atoms with Gasteiger partial charge in [-0.3, -0.25) is 0 Å². The number of aryl methyl sites for hydroxylation is 1. The van der Waals surface area contributed by atoms with Gasteiger partial charge in [0, 0.05) is 25.4 Å². The number of nitrogens with zero attached hydrogens (tertiary/aromatic N) is 2. The lowest BCUT2D eigenvalue weighted by Gasteiger charge is -2.00. The van der Waals surface area contributed by atoms with Crippen LogP contribution in [0.25, 0.3) is 0 Å². The molecule has 0 aliphatic carbocycles. The summed E-state index contributed by atoms with van der Waals surface area (Å²) < 4.78 is 2.01. The lowest BCUT2D eigenvalue weighted by atomic mass is 9.91. The van der Waals surface area contributed by atoms with Crippen LogP contribution in [0, 0.1) is 0 Å². The number of imidazole rings is 1. The molecule has 1 rings (SSSR count). The third kappa shape index (κ3) is 3.04. The topological polar surface area (TPSA) is 58.3 Å². The summed E-state index contributed by atoms with van der Waals surface area (Å²) in [4.78, 5) is 4.13. The lowest BCUT2D eigenvalue weighted by molar-refractivity contribution is 0.424. The molecule has 0 radical (unpaired) electrons. The molecule has 0 unspecified atom stereocenters. The zero-order valence-corrected chi connectivity index (χ0v) is 7.59. The highest BCUT2D eigenvalue weighted by Crippen LogP contribution is 1.99. The van der Waals surface area contributed by atoms with Gasteiger partial charge in [0.1, 0.15) is 5.82 Å². The Kier molecular flexibility index (Phi) is 3.73. The normalized spacial score (nSPS) is 11.0. The van der Waals surface area contributed by atoms with Gasteiger partial charge in [-0.2, -0.15) is 0 Å². The van der Waals surface area contributed by atoms with E-state index in [1.807, 2.05) is 17.7 Å². The molecular weight excluding hydrogens is 167 g/mol. The average molecular weight is 180 g/mol. The highest BCUT2D eigenvalue weighted by atomic mass is 16.4. The number of hydrogen-bond donors (Lipinski definition) is 2. The fourth-order valence-corrected chi connectivity index (χ4v) is 1.11. The molecule has 0 bridgehead atoms. The van der Waals surface area contributed by atoms with E-state index in [1.54, 1.807) is 12.3 Å². The van der Waals surface area contributed by atoms with Gasteiger partial charge >= 0.3 is 7.12 Å². The minimum Gasteiger partial charge on any atom is -0.424 e. The van der Waals surface area contributed by atoms with Crippen LogP contribution in [-0.4, -0.2) is 26.7 Å². The van der Waals surface area contributed by atoms with Crippen molar-refractivity contribution in [3.63, 3.8) is 0 Å². The molecule has 13 heavy (non-hydrogen) atoms. The molecule has 4 nitrogen and oxygen atoms in total. The van der Waals surface area contributed by atoms with Crippen LogP contribution in [0.4, 0.5) is 0 Å². The first-order valence-electron chi connectivity index (χ1n) is 4.27. The maximum atomic E-state index is 8.55. The Morgan fingerprint density at radius 2 is 2.38 bits per heavy atom. The molecule has 2 N–H and O–H groups in total. The molecule has 0 atom stereocenters. The predicted molar refractivity (Wildman–Crippen MR) is 50.9 cm³/mol. The molecule has 0 amide bonds. The number of aromatic nitrogens is 2. The second-order valence-electron chi connectivity index (χ2n) is 2.68. The van der Waals surface area contributed by atoms with Crippen LogP contribution in [-0.2, 0) is 13.0 Å². The monoisotopic (exact) mass is 180 g/mol. The van der Waals surface area contributed by atoms with E-state index in [9.17, 15) is 0 Å². The van der Waals surface area contributed by atoms with Crippen molar-refractivity contribution >= 4 is 7.12 Å². The van der Waals surface area contributed by atoms with Crippen molar-refractivity contribution in [2.75, 3.05) is 0 Å². The third-order valence-corrected chi connectivity index (χ3v) is 1.75. The van der Waals surface area contributed by atoms with Gasteiger partial charge in [-0.1, -0.05) is 12.1 Å². The smallest absolute Gasteiger partial charge is 0.424 e. The zero-order valence-electron chi connectivity index (χ0n) is 7.59. The van der Waals surface area contributed by atoms with E-state index in [0.717, 1.165) is 12.4 Å². The van der Waals surface area contributed by atoms with E-state index >= 15 is 0 Å². The highest BCUT2D eigenvalue weighted by Gasteiger charge is 2.00. The second-order valence-corrected chi connectivity index (χ2v) is 2.68. The minimum absolute atomic E-state index is 0.623. The highest BCUT2D eigenvalue weighted by molar-refractivity contribution is 6.47.